The number of hydrogen-bond donors (Lipinski definition) is 0. The summed E-state index contributed by atoms with van der Waals surface area (Å²) >= 11 is 0. The molecule has 0 aromatic carbocycles. The summed E-state index contributed by atoms with van der Waals surface area (Å²) < 4.78 is 1.89. The van der Waals surface area contributed by atoms with E-state index in [1.54, 1.807) is 0 Å². The number of nitrogens with zero attached hydrogens (tertiary/aromatic N) is 4. The zero-order valence-corrected chi connectivity index (χ0v) is 12.3. The zero-order valence-electron chi connectivity index (χ0n) is 12.3. The van der Waals surface area contributed by atoms with E-state index in [9.17, 15) is 0 Å². The molecule has 0 spiro atoms. The molecule has 1 aliphatic rings. The van der Waals surface area contributed by atoms with Crippen LogP contribution in [0.4, 0.5) is 0 Å². The Labute approximate surface area is 114 Å². The number of aryl methyl sites for hydroxylation is 2. The Morgan fingerprint density at radius 1 is 1.26 bits per heavy atom. The number of pyridine rings is 1. The molecule has 19 heavy (non-hydrogen) atoms. The van der Waals surface area contributed by atoms with Gasteiger partial charge in [0.25, 0.3) is 0 Å². The van der Waals surface area contributed by atoms with Gasteiger partial charge in [-0.1, -0.05) is 6.92 Å². The second kappa shape index (κ2) is 4.30. The van der Waals surface area contributed by atoms with Gasteiger partial charge in [-0.2, -0.15) is 5.10 Å². The average Bonchev–Trinajstić information content (AvgIpc) is 2.64. The van der Waals surface area contributed by atoms with Crippen LogP contribution in [0.25, 0.3) is 11.0 Å². The highest BCUT2D eigenvalue weighted by molar-refractivity contribution is 5.78. The predicted octanol–water partition coefficient (Wildman–Crippen LogP) is 2.26. The van der Waals surface area contributed by atoms with Crippen LogP contribution in [-0.4, -0.2) is 39.8 Å². The van der Waals surface area contributed by atoms with Crippen molar-refractivity contribution in [3.05, 3.63) is 23.5 Å². The second-order valence-corrected chi connectivity index (χ2v) is 6.18. The number of piperidine rings is 1. The topological polar surface area (TPSA) is 34.0 Å². The second-order valence-electron chi connectivity index (χ2n) is 6.18. The van der Waals surface area contributed by atoms with Crippen LogP contribution in [0.2, 0.25) is 0 Å². The minimum absolute atomic E-state index is 0.166. The summed E-state index contributed by atoms with van der Waals surface area (Å²) in [5.74, 6) is 0. The summed E-state index contributed by atoms with van der Waals surface area (Å²) in [6.07, 6.45) is 2.46. The number of likely N-dealkylation sites (N-methyl/N-ethyl adjacent to an activating group) is 1. The van der Waals surface area contributed by atoms with E-state index >= 15 is 0 Å². The maximum Gasteiger partial charge on any atom is 0.158 e. The fourth-order valence-corrected chi connectivity index (χ4v) is 3.34. The lowest BCUT2D eigenvalue weighted by molar-refractivity contribution is 0.185. The van der Waals surface area contributed by atoms with Gasteiger partial charge >= 0.3 is 0 Å². The molecule has 0 radical (unpaired) electrons. The number of aromatic nitrogens is 3. The van der Waals surface area contributed by atoms with Crippen LogP contribution < -0.4 is 0 Å². The Morgan fingerprint density at radius 3 is 2.79 bits per heavy atom. The SMILES string of the molecule is Cc1nn(C)c2nc(C3(C)CCCN(C)C3)ccc12. The van der Waals surface area contributed by atoms with Crippen molar-refractivity contribution in [3.8, 4) is 0 Å². The summed E-state index contributed by atoms with van der Waals surface area (Å²) in [5.41, 5.74) is 3.43. The first-order chi connectivity index (χ1) is 8.99. The Balaban J connectivity index is 2.07. The van der Waals surface area contributed by atoms with E-state index in [4.69, 9.17) is 4.98 Å². The number of rotatable bonds is 1. The van der Waals surface area contributed by atoms with Gasteiger partial charge in [0.15, 0.2) is 5.65 Å². The first kappa shape index (κ1) is 12.6. The summed E-state index contributed by atoms with van der Waals surface area (Å²) in [7, 11) is 4.17. The molecule has 1 fully saturated rings. The lowest BCUT2D eigenvalue weighted by atomic mass is 9.79. The Hall–Kier alpha value is -1.42. The van der Waals surface area contributed by atoms with Crippen molar-refractivity contribution in [1.29, 1.82) is 0 Å². The average molecular weight is 258 g/mol. The Morgan fingerprint density at radius 2 is 2.05 bits per heavy atom. The molecule has 1 aliphatic heterocycles. The van der Waals surface area contributed by atoms with Crippen LogP contribution in [-0.2, 0) is 12.5 Å². The van der Waals surface area contributed by atoms with Gasteiger partial charge in [0, 0.05) is 24.4 Å². The molecule has 2 aromatic rings. The van der Waals surface area contributed by atoms with Crippen molar-refractivity contribution in [2.75, 3.05) is 20.1 Å². The maximum atomic E-state index is 4.90. The lowest BCUT2D eigenvalue weighted by Crippen LogP contribution is -2.42. The van der Waals surface area contributed by atoms with E-state index in [-0.39, 0.29) is 5.41 Å². The van der Waals surface area contributed by atoms with Crippen LogP contribution in [0.5, 0.6) is 0 Å². The van der Waals surface area contributed by atoms with Crippen LogP contribution in [0.15, 0.2) is 12.1 Å². The monoisotopic (exact) mass is 258 g/mol. The fraction of sp³-hybridized carbons (Fsp3) is 0.600. The maximum absolute atomic E-state index is 4.90. The van der Waals surface area contributed by atoms with Crippen molar-refractivity contribution < 1.29 is 0 Å². The van der Waals surface area contributed by atoms with Crippen LogP contribution in [0, 0.1) is 6.92 Å². The molecule has 1 saturated heterocycles. The van der Waals surface area contributed by atoms with Gasteiger partial charge < -0.3 is 4.90 Å². The van der Waals surface area contributed by atoms with E-state index < -0.39 is 0 Å². The van der Waals surface area contributed by atoms with E-state index in [2.05, 4.69) is 36.1 Å². The van der Waals surface area contributed by atoms with Crippen molar-refractivity contribution in [3.63, 3.8) is 0 Å². The summed E-state index contributed by atoms with van der Waals surface area (Å²) in [6.45, 7) is 6.66. The van der Waals surface area contributed by atoms with Crippen LogP contribution in [0.3, 0.4) is 0 Å². The number of likely N-dealkylation sites (tertiary alicyclic amines) is 1. The molecule has 4 heteroatoms. The molecule has 1 atom stereocenters. The van der Waals surface area contributed by atoms with E-state index in [1.165, 1.54) is 30.5 Å². The molecule has 3 rings (SSSR count). The Bertz CT molecular complexity index is 616. The first-order valence-corrected chi connectivity index (χ1v) is 6.99. The smallest absolute Gasteiger partial charge is 0.158 e. The standard InChI is InChI=1S/C15H22N4/c1-11-12-6-7-13(16-14(12)19(4)17-11)15(2)8-5-9-18(3)10-15/h6-7H,5,8-10H2,1-4H3. The summed E-state index contributed by atoms with van der Waals surface area (Å²) in [5, 5.41) is 5.62. The number of hydrogen-bond acceptors (Lipinski definition) is 3. The molecular formula is C15H22N4. The molecule has 4 nitrogen and oxygen atoms in total. The Kier molecular flexibility index (Phi) is 2.86. The minimum atomic E-state index is 0.166. The van der Waals surface area contributed by atoms with Gasteiger partial charge in [-0.05, 0) is 45.5 Å². The van der Waals surface area contributed by atoms with E-state index in [1.807, 2.05) is 18.7 Å². The first-order valence-electron chi connectivity index (χ1n) is 6.99. The van der Waals surface area contributed by atoms with E-state index in [0.717, 1.165) is 17.9 Å². The lowest BCUT2D eigenvalue weighted by Gasteiger charge is -2.38. The van der Waals surface area contributed by atoms with Gasteiger partial charge in [0.1, 0.15) is 0 Å². The fourth-order valence-electron chi connectivity index (χ4n) is 3.34. The van der Waals surface area contributed by atoms with Crippen molar-refractivity contribution >= 4 is 11.0 Å². The van der Waals surface area contributed by atoms with Crippen LogP contribution >= 0.6 is 0 Å². The van der Waals surface area contributed by atoms with Gasteiger partial charge in [-0.3, -0.25) is 4.68 Å². The third-order valence-corrected chi connectivity index (χ3v) is 4.38. The van der Waals surface area contributed by atoms with Gasteiger partial charge in [-0.15, -0.1) is 0 Å². The summed E-state index contributed by atoms with van der Waals surface area (Å²) in [4.78, 5) is 7.31. The van der Waals surface area contributed by atoms with E-state index in [0.29, 0.717) is 0 Å². The highest BCUT2D eigenvalue weighted by Gasteiger charge is 2.32. The third-order valence-electron chi connectivity index (χ3n) is 4.38. The van der Waals surface area contributed by atoms with Crippen molar-refractivity contribution in [2.45, 2.75) is 32.1 Å². The normalized spacial score (nSPS) is 25.1. The quantitative estimate of drug-likeness (QED) is 0.787. The molecule has 2 aromatic heterocycles. The molecule has 0 amide bonds. The molecule has 0 aliphatic carbocycles. The largest absolute Gasteiger partial charge is 0.305 e. The molecule has 102 valence electrons. The van der Waals surface area contributed by atoms with Crippen molar-refractivity contribution in [2.24, 2.45) is 7.05 Å². The molecule has 3 heterocycles. The van der Waals surface area contributed by atoms with Crippen LogP contribution in [0.1, 0.15) is 31.2 Å². The zero-order chi connectivity index (χ0) is 13.6. The highest BCUT2D eigenvalue weighted by Crippen LogP contribution is 2.33. The van der Waals surface area contributed by atoms with Gasteiger partial charge in [0.05, 0.1) is 11.4 Å². The molecule has 0 saturated carbocycles. The van der Waals surface area contributed by atoms with Crippen molar-refractivity contribution in [1.82, 2.24) is 19.7 Å². The third kappa shape index (κ3) is 2.04. The highest BCUT2D eigenvalue weighted by atomic mass is 15.3. The van der Waals surface area contributed by atoms with Gasteiger partial charge in [-0.25, -0.2) is 4.98 Å². The van der Waals surface area contributed by atoms with Gasteiger partial charge in [0.2, 0.25) is 0 Å². The minimum Gasteiger partial charge on any atom is -0.305 e. The molecular weight excluding hydrogens is 236 g/mol. The molecule has 0 bridgehead atoms. The number of fused-ring (bicyclic) bond motifs is 1. The molecule has 1 unspecified atom stereocenters. The molecule has 0 N–H and O–H groups in total. The predicted molar refractivity (Wildman–Crippen MR) is 77.3 cm³/mol. The summed E-state index contributed by atoms with van der Waals surface area (Å²) in [6, 6.07) is 4.37.